The van der Waals surface area contributed by atoms with Crippen molar-refractivity contribution in [1.82, 2.24) is 15.0 Å². The van der Waals surface area contributed by atoms with Gasteiger partial charge < -0.3 is 4.74 Å². The van der Waals surface area contributed by atoms with E-state index in [2.05, 4.69) is 176 Å². The molecular weight excluding hydrogens is 683 g/mol. The van der Waals surface area contributed by atoms with Crippen molar-refractivity contribution in [3.8, 4) is 73.3 Å². The van der Waals surface area contributed by atoms with Crippen LogP contribution in [0.2, 0.25) is 0 Å². The van der Waals surface area contributed by atoms with Crippen molar-refractivity contribution in [3.05, 3.63) is 229 Å². The molecule has 0 bridgehead atoms. The summed E-state index contributed by atoms with van der Waals surface area (Å²) in [4.78, 5) is 15.0. The molecule has 0 amide bonds. The molecule has 9 aromatic rings. The number of aromatic nitrogens is 3. The van der Waals surface area contributed by atoms with E-state index in [0.717, 1.165) is 66.9 Å². The lowest BCUT2D eigenvalue weighted by Gasteiger charge is -2.42. The van der Waals surface area contributed by atoms with E-state index in [4.69, 9.17) is 19.7 Å². The van der Waals surface area contributed by atoms with Crippen molar-refractivity contribution in [2.75, 3.05) is 0 Å². The smallest absolute Gasteiger partial charge is 0.185 e. The van der Waals surface area contributed by atoms with Gasteiger partial charge in [-0.1, -0.05) is 206 Å². The molecule has 56 heavy (non-hydrogen) atoms. The molecule has 0 radical (unpaired) electrons. The molecule has 1 aliphatic heterocycles. The fourth-order valence-electron chi connectivity index (χ4n) is 7.90. The van der Waals surface area contributed by atoms with Gasteiger partial charge in [-0.15, -0.1) is 0 Å². The zero-order valence-corrected chi connectivity index (χ0v) is 30.5. The Balaban J connectivity index is 1.06. The normalized spacial score (nSPS) is 12.6. The molecule has 0 N–H and O–H groups in total. The van der Waals surface area contributed by atoms with Crippen LogP contribution in [0.4, 0.5) is 0 Å². The highest BCUT2D eigenvalue weighted by molar-refractivity contribution is 5.92. The zero-order valence-electron chi connectivity index (χ0n) is 30.5. The molecule has 0 saturated heterocycles. The van der Waals surface area contributed by atoms with E-state index < -0.39 is 5.60 Å². The Morgan fingerprint density at radius 3 is 1.25 bits per heavy atom. The molecule has 0 atom stereocenters. The molecule has 0 spiro atoms. The summed E-state index contributed by atoms with van der Waals surface area (Å²) in [6.07, 6.45) is 0. The maximum atomic E-state index is 7.29. The molecule has 0 fully saturated rings. The van der Waals surface area contributed by atoms with Gasteiger partial charge in [0, 0.05) is 38.9 Å². The molecule has 8 aromatic carbocycles. The molecule has 1 aliphatic rings. The maximum absolute atomic E-state index is 7.29. The van der Waals surface area contributed by atoms with E-state index >= 15 is 0 Å². The van der Waals surface area contributed by atoms with Gasteiger partial charge in [-0.2, -0.15) is 0 Å². The highest BCUT2D eigenvalue weighted by Gasteiger charge is 2.44. The van der Waals surface area contributed by atoms with Crippen LogP contribution < -0.4 is 4.74 Å². The van der Waals surface area contributed by atoms with Crippen LogP contribution in [0.3, 0.4) is 0 Å². The lowest BCUT2D eigenvalue weighted by molar-refractivity contribution is 0.152. The first-order chi connectivity index (χ1) is 27.7. The first-order valence-electron chi connectivity index (χ1n) is 18.9. The first-order valence-corrected chi connectivity index (χ1v) is 18.9. The van der Waals surface area contributed by atoms with Crippen LogP contribution in [0.15, 0.2) is 212 Å². The summed E-state index contributed by atoms with van der Waals surface area (Å²) < 4.78 is 7.29. The number of benzene rings is 8. The number of hydrogen-bond acceptors (Lipinski definition) is 4. The fraction of sp³-hybridized carbons (Fsp3) is 0.0192. The van der Waals surface area contributed by atoms with Gasteiger partial charge >= 0.3 is 0 Å². The molecule has 0 unspecified atom stereocenters. The summed E-state index contributed by atoms with van der Waals surface area (Å²) in [6, 6.07) is 73.5. The van der Waals surface area contributed by atoms with Crippen LogP contribution in [-0.4, -0.2) is 15.0 Å². The van der Waals surface area contributed by atoms with Gasteiger partial charge in [0.2, 0.25) is 0 Å². The topological polar surface area (TPSA) is 47.9 Å². The number of nitrogens with zero attached hydrogens (tertiary/aromatic N) is 3. The minimum atomic E-state index is -0.816. The van der Waals surface area contributed by atoms with Gasteiger partial charge in [-0.05, 0) is 33.9 Å². The van der Waals surface area contributed by atoms with Crippen LogP contribution in [0.5, 0.6) is 5.75 Å². The Kier molecular flexibility index (Phi) is 8.34. The van der Waals surface area contributed by atoms with Crippen LogP contribution in [0.1, 0.15) is 16.7 Å². The monoisotopic (exact) mass is 717 g/mol. The highest BCUT2D eigenvalue weighted by atomic mass is 16.5. The van der Waals surface area contributed by atoms with Gasteiger partial charge in [-0.3, -0.25) is 0 Å². The molecular formula is C52H35N3O. The van der Waals surface area contributed by atoms with Crippen LogP contribution in [0.25, 0.3) is 67.5 Å². The van der Waals surface area contributed by atoms with E-state index in [0.29, 0.717) is 17.5 Å². The van der Waals surface area contributed by atoms with Gasteiger partial charge in [0.25, 0.3) is 0 Å². The van der Waals surface area contributed by atoms with Crippen molar-refractivity contribution in [2.24, 2.45) is 0 Å². The van der Waals surface area contributed by atoms with Crippen molar-refractivity contribution in [3.63, 3.8) is 0 Å². The molecule has 0 aliphatic carbocycles. The second kappa shape index (κ2) is 14.1. The molecule has 10 rings (SSSR count). The largest absolute Gasteiger partial charge is 0.472 e. The molecule has 0 saturated carbocycles. The third-order valence-electron chi connectivity index (χ3n) is 10.6. The van der Waals surface area contributed by atoms with E-state index in [1.807, 2.05) is 36.4 Å². The average Bonchev–Trinajstić information content (AvgIpc) is 3.29. The van der Waals surface area contributed by atoms with Crippen molar-refractivity contribution >= 4 is 0 Å². The Labute approximate surface area is 326 Å². The predicted molar refractivity (Wildman–Crippen MR) is 226 cm³/mol. The third kappa shape index (κ3) is 5.85. The maximum Gasteiger partial charge on any atom is 0.185 e. The summed E-state index contributed by atoms with van der Waals surface area (Å²) in [5, 5.41) is 0. The zero-order chi connectivity index (χ0) is 37.3. The standard InChI is InChI=1S/C52H35N3O/c1-5-16-36(17-6-1)37-28-32-40(33-29-37)50-53-49(39-18-7-2-8-19-39)54-51(55-50)41-34-30-38(31-35-41)44-25-15-27-47-48(44)45-24-13-14-26-46(45)52(56-47,42-20-9-3-10-21-42)43-22-11-4-12-23-43/h1-35H. The van der Waals surface area contributed by atoms with Gasteiger partial charge in [0.15, 0.2) is 23.1 Å². The Bertz CT molecular complexity index is 2750. The minimum Gasteiger partial charge on any atom is -0.472 e. The van der Waals surface area contributed by atoms with Crippen LogP contribution in [-0.2, 0) is 5.60 Å². The Morgan fingerprint density at radius 1 is 0.304 bits per heavy atom. The number of ether oxygens (including phenoxy) is 1. The third-order valence-corrected chi connectivity index (χ3v) is 10.6. The van der Waals surface area contributed by atoms with Gasteiger partial charge in [0.05, 0.1) is 0 Å². The quantitative estimate of drug-likeness (QED) is 0.165. The predicted octanol–water partition coefficient (Wildman–Crippen LogP) is 12.6. The number of hydrogen-bond donors (Lipinski definition) is 0. The van der Waals surface area contributed by atoms with E-state index in [9.17, 15) is 0 Å². The second-order valence-corrected chi connectivity index (χ2v) is 13.9. The summed E-state index contributed by atoms with van der Waals surface area (Å²) in [7, 11) is 0. The summed E-state index contributed by atoms with van der Waals surface area (Å²) >= 11 is 0. The Hall–Kier alpha value is -7.43. The lowest BCUT2D eigenvalue weighted by atomic mass is 9.74. The number of rotatable bonds is 7. The molecule has 264 valence electrons. The first kappa shape index (κ1) is 33.2. The summed E-state index contributed by atoms with van der Waals surface area (Å²) in [6.45, 7) is 0. The summed E-state index contributed by atoms with van der Waals surface area (Å²) in [5.41, 5.74) is 11.9. The van der Waals surface area contributed by atoms with Gasteiger partial charge in [0.1, 0.15) is 5.75 Å². The highest BCUT2D eigenvalue weighted by Crippen LogP contribution is 2.54. The van der Waals surface area contributed by atoms with Crippen molar-refractivity contribution in [1.29, 1.82) is 0 Å². The minimum absolute atomic E-state index is 0.617. The average molecular weight is 718 g/mol. The molecule has 4 nitrogen and oxygen atoms in total. The SMILES string of the molecule is c1ccc(-c2ccc(-c3nc(-c4ccccc4)nc(-c4ccc(-c5cccc6c5-c5ccccc5C(c5ccccc5)(c5ccccc5)O6)cc4)n3)cc2)cc1. The van der Waals surface area contributed by atoms with E-state index in [-0.39, 0.29) is 0 Å². The van der Waals surface area contributed by atoms with E-state index in [1.54, 1.807) is 0 Å². The second-order valence-electron chi connectivity index (χ2n) is 13.9. The van der Waals surface area contributed by atoms with Crippen LogP contribution in [0, 0.1) is 0 Å². The summed E-state index contributed by atoms with van der Waals surface area (Å²) in [5.74, 6) is 2.72. The lowest BCUT2D eigenvalue weighted by Crippen LogP contribution is -2.38. The Morgan fingerprint density at radius 2 is 0.696 bits per heavy atom. The molecule has 1 aromatic heterocycles. The van der Waals surface area contributed by atoms with Crippen LogP contribution >= 0.6 is 0 Å². The van der Waals surface area contributed by atoms with Gasteiger partial charge in [-0.25, -0.2) is 15.0 Å². The molecule has 4 heteroatoms. The van der Waals surface area contributed by atoms with Crippen molar-refractivity contribution < 1.29 is 4.74 Å². The van der Waals surface area contributed by atoms with Crippen molar-refractivity contribution in [2.45, 2.75) is 5.60 Å². The molecule has 2 heterocycles. The fourth-order valence-corrected chi connectivity index (χ4v) is 7.90. The van der Waals surface area contributed by atoms with E-state index in [1.165, 1.54) is 5.56 Å². The number of fused-ring (bicyclic) bond motifs is 3.